The van der Waals surface area contributed by atoms with Gasteiger partial charge in [-0.05, 0) is 62.8 Å². The number of pyridine rings is 1. The fraction of sp³-hybridized carbons (Fsp3) is 0.585. The first-order valence-corrected chi connectivity index (χ1v) is 21.4. The molecule has 2 saturated carbocycles. The van der Waals surface area contributed by atoms with Crippen molar-refractivity contribution in [3.63, 3.8) is 0 Å². The number of carbonyl (C=O) groups excluding carboxylic acids is 4. The second-order valence-electron chi connectivity index (χ2n) is 16.6. The van der Waals surface area contributed by atoms with Crippen LogP contribution in [-0.4, -0.2) is 98.5 Å². The lowest BCUT2D eigenvalue weighted by molar-refractivity contribution is -0.141. The van der Waals surface area contributed by atoms with Crippen molar-refractivity contribution < 1.29 is 46.5 Å². The van der Waals surface area contributed by atoms with Crippen LogP contribution in [-0.2, 0) is 29.1 Å². The van der Waals surface area contributed by atoms with Crippen LogP contribution < -0.4 is 29.6 Å². The van der Waals surface area contributed by atoms with Crippen LogP contribution in [0, 0.1) is 11.3 Å². The number of carbonyl (C=O) groups is 4. The lowest BCUT2D eigenvalue weighted by Gasteiger charge is -2.30. The maximum Gasteiger partial charge on any atom is 0.407 e. The minimum atomic E-state index is -3.90. The molecule has 1 aromatic heterocycles. The SMILES string of the molecule is COc1cc2c3cc(c(OC)cc3n1)/C=C/CCC(C)(C)COC(=O)N[C@H]1CCCCC/C=C\[C@@H]3C[C@@]3(C(=O)NS(=O)(=O)C3CC3)NC(=O)[C@@H]3C[C@H](CN3C1=O)O2. The van der Waals surface area contributed by atoms with E-state index in [1.165, 1.54) is 12.0 Å². The summed E-state index contributed by atoms with van der Waals surface area (Å²) in [5.74, 6) is -1.05. The Morgan fingerprint density at radius 3 is 2.58 bits per heavy atom. The number of alkyl carbamates (subject to hydrolysis) is 1. The molecule has 0 unspecified atom stereocenters. The number of amides is 4. The average molecular weight is 808 g/mol. The van der Waals surface area contributed by atoms with Crippen molar-refractivity contribution in [3.05, 3.63) is 42.0 Å². The molecule has 0 radical (unpaired) electrons. The van der Waals surface area contributed by atoms with E-state index in [1.807, 2.05) is 44.2 Å². The third-order valence-corrected chi connectivity index (χ3v) is 13.4. The number of hydrogen-bond acceptors (Lipinski definition) is 11. The number of nitrogens with one attached hydrogen (secondary N) is 3. The number of cyclic esters (lactones) is 1. The van der Waals surface area contributed by atoms with Crippen LogP contribution in [0.3, 0.4) is 0 Å². The summed E-state index contributed by atoms with van der Waals surface area (Å²) in [6, 6.07) is 3.24. The standard InChI is InChI=1S/C41H53N5O10S/c1-40(2)17-11-10-12-25-18-29-31(20-33(25)53-3)42-35(54-4)21-34(29)56-27-19-32-36(47)44-41(38(49)45-57(51,52)28-15-16-28)22-26(41)13-8-6-5-7-9-14-30(37(48)46(32)23-27)43-39(50)55-24-40/h8,10,12-13,18,20-21,26-28,30,32H,5-7,9,11,14-17,19,22-24H2,1-4H3,(H,43,50)(H,44,47)(H,45,49)/b12-10+,13-8-/t26-,27-,30+,32+,41-/m1/s1. The highest BCUT2D eigenvalue weighted by molar-refractivity contribution is 7.91. The number of fused-ring (bicyclic) bond motifs is 4. The topological polar surface area (TPSA) is 192 Å². The summed E-state index contributed by atoms with van der Waals surface area (Å²) in [6.45, 7) is 4.10. The van der Waals surface area contributed by atoms with Crippen molar-refractivity contribution in [2.24, 2.45) is 11.3 Å². The van der Waals surface area contributed by atoms with Gasteiger partial charge in [0.05, 0.1) is 38.1 Å². The zero-order chi connectivity index (χ0) is 40.5. The molecule has 5 aliphatic rings. The zero-order valence-corrected chi connectivity index (χ0v) is 33.8. The van der Waals surface area contributed by atoms with E-state index < -0.39 is 68.7 Å². The van der Waals surface area contributed by atoms with Crippen LogP contribution in [0.15, 0.2) is 36.4 Å². The Kier molecular flexibility index (Phi) is 11.5. The van der Waals surface area contributed by atoms with Gasteiger partial charge in [0.25, 0.3) is 5.91 Å². The van der Waals surface area contributed by atoms with Gasteiger partial charge < -0.3 is 34.5 Å². The molecule has 1 saturated heterocycles. The molecule has 5 atom stereocenters. The van der Waals surface area contributed by atoms with Crippen LogP contribution in [0.2, 0.25) is 0 Å². The molecule has 4 heterocycles. The van der Waals surface area contributed by atoms with Gasteiger partial charge in [-0.2, -0.15) is 0 Å². The quantitative estimate of drug-likeness (QED) is 0.360. The molecule has 5 bridgehead atoms. The lowest BCUT2D eigenvalue weighted by Crippen LogP contribution is -2.58. The van der Waals surface area contributed by atoms with E-state index in [0.717, 1.165) is 18.4 Å². The van der Waals surface area contributed by atoms with Gasteiger partial charge >= 0.3 is 6.09 Å². The van der Waals surface area contributed by atoms with E-state index in [1.54, 1.807) is 19.2 Å². The van der Waals surface area contributed by atoms with Gasteiger partial charge in [-0.1, -0.05) is 51.0 Å². The van der Waals surface area contributed by atoms with Crippen LogP contribution in [0.1, 0.15) is 90.0 Å². The van der Waals surface area contributed by atoms with Gasteiger partial charge in [0.1, 0.15) is 35.2 Å². The molecular formula is C41H53N5O10S. The van der Waals surface area contributed by atoms with E-state index >= 15 is 0 Å². The Hall–Kier alpha value is -4.86. The lowest BCUT2D eigenvalue weighted by atomic mass is 9.88. The summed E-state index contributed by atoms with van der Waals surface area (Å²) >= 11 is 0. The van der Waals surface area contributed by atoms with Crippen LogP contribution in [0.5, 0.6) is 17.4 Å². The van der Waals surface area contributed by atoms with Gasteiger partial charge in [-0.15, -0.1) is 0 Å². The molecule has 15 nitrogen and oxygen atoms in total. The van der Waals surface area contributed by atoms with Crippen LogP contribution >= 0.6 is 0 Å². The molecular weight excluding hydrogens is 755 g/mol. The number of hydrogen-bond donors (Lipinski definition) is 3. The number of aromatic nitrogens is 1. The molecule has 4 amide bonds. The Labute approximate surface area is 333 Å². The molecule has 7 rings (SSSR count). The number of rotatable bonds is 5. The van der Waals surface area contributed by atoms with Gasteiger partial charge in [0.15, 0.2) is 0 Å². The van der Waals surface area contributed by atoms with Crippen LogP contribution in [0.25, 0.3) is 17.0 Å². The number of ether oxygens (including phenoxy) is 4. The highest BCUT2D eigenvalue weighted by Gasteiger charge is 2.62. The molecule has 16 heteroatoms. The maximum absolute atomic E-state index is 14.7. The number of methoxy groups -OCH3 is 2. The van der Waals surface area contributed by atoms with Gasteiger partial charge in [-0.3, -0.25) is 19.1 Å². The maximum atomic E-state index is 14.7. The Balaban J connectivity index is 1.27. The zero-order valence-electron chi connectivity index (χ0n) is 33.0. The van der Waals surface area contributed by atoms with E-state index in [0.29, 0.717) is 67.3 Å². The van der Waals surface area contributed by atoms with Crippen molar-refractivity contribution >= 4 is 50.8 Å². The second kappa shape index (κ2) is 16.2. The van der Waals surface area contributed by atoms with E-state index in [9.17, 15) is 27.6 Å². The summed E-state index contributed by atoms with van der Waals surface area (Å²) < 4.78 is 51.6. The highest BCUT2D eigenvalue weighted by Crippen LogP contribution is 2.46. The molecule has 308 valence electrons. The fourth-order valence-corrected chi connectivity index (χ4v) is 9.32. The minimum absolute atomic E-state index is 0.0230. The summed E-state index contributed by atoms with van der Waals surface area (Å²) in [4.78, 5) is 62.3. The molecule has 57 heavy (non-hydrogen) atoms. The summed E-state index contributed by atoms with van der Waals surface area (Å²) in [6.07, 6.45) is 12.1. The fourth-order valence-electron chi connectivity index (χ4n) is 7.95. The first-order chi connectivity index (χ1) is 27.2. The third kappa shape index (κ3) is 9.00. The van der Waals surface area contributed by atoms with Crippen molar-refractivity contribution in [2.45, 2.75) is 113 Å². The van der Waals surface area contributed by atoms with Gasteiger partial charge in [0.2, 0.25) is 27.7 Å². The number of nitrogens with zero attached hydrogens (tertiary/aromatic N) is 2. The number of benzene rings is 1. The van der Waals surface area contributed by atoms with Crippen molar-refractivity contribution in [1.82, 2.24) is 25.2 Å². The predicted molar refractivity (Wildman–Crippen MR) is 211 cm³/mol. The van der Waals surface area contributed by atoms with Crippen molar-refractivity contribution in [2.75, 3.05) is 27.4 Å². The summed E-state index contributed by atoms with van der Waals surface area (Å²) in [5.41, 5.74) is -0.565. The Morgan fingerprint density at radius 1 is 1.02 bits per heavy atom. The summed E-state index contributed by atoms with van der Waals surface area (Å²) in [7, 11) is -0.826. The highest BCUT2D eigenvalue weighted by atomic mass is 32.2. The predicted octanol–water partition coefficient (Wildman–Crippen LogP) is 4.53. The van der Waals surface area contributed by atoms with E-state index in [4.69, 9.17) is 18.9 Å². The Bertz CT molecular complexity index is 2080. The molecule has 3 fully saturated rings. The van der Waals surface area contributed by atoms with E-state index in [2.05, 4.69) is 20.3 Å². The molecule has 3 aliphatic heterocycles. The monoisotopic (exact) mass is 807 g/mol. The first-order valence-electron chi connectivity index (χ1n) is 19.9. The second-order valence-corrected chi connectivity index (χ2v) is 18.6. The van der Waals surface area contributed by atoms with Crippen molar-refractivity contribution in [3.8, 4) is 17.4 Å². The van der Waals surface area contributed by atoms with Crippen LogP contribution in [0.4, 0.5) is 4.79 Å². The molecule has 2 aromatic rings. The average Bonchev–Trinajstić information content (AvgIpc) is 4.10. The minimum Gasteiger partial charge on any atom is -0.496 e. The third-order valence-electron chi connectivity index (χ3n) is 11.6. The molecule has 2 aliphatic carbocycles. The summed E-state index contributed by atoms with van der Waals surface area (Å²) in [5, 5.41) is 5.73. The first kappa shape index (κ1) is 40.3. The number of sulfonamides is 1. The molecule has 0 spiro atoms. The largest absolute Gasteiger partial charge is 0.496 e. The van der Waals surface area contributed by atoms with Gasteiger partial charge in [-0.25, -0.2) is 18.2 Å². The molecule has 3 N–H and O–H groups in total. The molecule has 1 aromatic carbocycles. The van der Waals surface area contributed by atoms with E-state index in [-0.39, 0.29) is 37.3 Å². The number of allylic oxidation sites excluding steroid dienone is 2. The Morgan fingerprint density at radius 2 is 1.82 bits per heavy atom. The smallest absolute Gasteiger partial charge is 0.407 e. The van der Waals surface area contributed by atoms with Gasteiger partial charge in [0, 0.05) is 35.4 Å². The normalized spacial score (nSPS) is 29.4. The van der Waals surface area contributed by atoms with Crippen molar-refractivity contribution in [1.29, 1.82) is 0 Å².